The van der Waals surface area contributed by atoms with Gasteiger partial charge in [-0.25, -0.2) is 9.36 Å². The van der Waals surface area contributed by atoms with E-state index in [1.165, 1.54) is 6.92 Å². The van der Waals surface area contributed by atoms with Gasteiger partial charge in [-0.05, 0) is 19.8 Å². The lowest BCUT2D eigenvalue weighted by Crippen LogP contribution is -2.17. The summed E-state index contributed by atoms with van der Waals surface area (Å²) in [4.78, 5) is 20.5. The van der Waals surface area contributed by atoms with Crippen LogP contribution in [0.5, 0.6) is 0 Å². The maximum atomic E-state index is 11.5. The molecule has 1 aliphatic heterocycles. The first kappa shape index (κ1) is 22.2. The molecule has 25 heavy (non-hydrogen) atoms. The van der Waals surface area contributed by atoms with Gasteiger partial charge in [-0.1, -0.05) is 6.58 Å². The van der Waals surface area contributed by atoms with Crippen molar-refractivity contribution in [2.24, 2.45) is 0 Å². The van der Waals surface area contributed by atoms with E-state index in [0.717, 1.165) is 19.4 Å². The molecule has 1 aliphatic rings. The summed E-state index contributed by atoms with van der Waals surface area (Å²) in [5, 5.41) is 0. The fourth-order valence-electron chi connectivity index (χ4n) is 1.87. The second-order valence-electron chi connectivity index (χ2n) is 5.37. The fourth-order valence-corrected chi connectivity index (χ4v) is 2.55. The van der Waals surface area contributed by atoms with Crippen LogP contribution in [0.3, 0.4) is 0 Å². The van der Waals surface area contributed by atoms with Crippen molar-refractivity contribution < 1.29 is 42.2 Å². The van der Waals surface area contributed by atoms with Crippen molar-refractivity contribution in [2.45, 2.75) is 25.9 Å². The van der Waals surface area contributed by atoms with E-state index in [-0.39, 0.29) is 38.1 Å². The van der Waals surface area contributed by atoms with Crippen molar-refractivity contribution in [3.8, 4) is 0 Å². The summed E-state index contributed by atoms with van der Waals surface area (Å²) in [6, 6.07) is 0. The Morgan fingerprint density at radius 3 is 2.44 bits per heavy atom. The number of carbonyl (C=O) groups is 1. The molecular formula is C15H27O9P. The van der Waals surface area contributed by atoms with E-state index in [9.17, 15) is 14.3 Å². The first-order valence-corrected chi connectivity index (χ1v) is 9.62. The van der Waals surface area contributed by atoms with E-state index in [1.807, 2.05) is 0 Å². The van der Waals surface area contributed by atoms with Crippen LogP contribution in [-0.4, -0.2) is 69.8 Å². The van der Waals surface area contributed by atoms with E-state index >= 15 is 0 Å². The van der Waals surface area contributed by atoms with Crippen molar-refractivity contribution in [1.82, 2.24) is 0 Å². The highest BCUT2D eigenvalue weighted by Crippen LogP contribution is 2.42. The summed E-state index contributed by atoms with van der Waals surface area (Å²) < 4.78 is 41.6. The SMILES string of the molecule is C=C(C)C(=O)OCCOP(=O)(O)OCCOCCOCC1CCCO1. The lowest BCUT2D eigenvalue weighted by atomic mass is 10.2. The zero-order valence-corrected chi connectivity index (χ0v) is 15.4. The standard InChI is InChI=1S/C15H27O9P/c1-13(2)15(16)22-9-11-24-25(17,18)23-10-8-19-6-7-20-12-14-4-3-5-21-14/h14H,1,3-12H2,2H3,(H,17,18). The maximum Gasteiger partial charge on any atom is 0.472 e. The number of ether oxygens (including phenoxy) is 4. The summed E-state index contributed by atoms with van der Waals surface area (Å²) >= 11 is 0. The molecule has 1 rings (SSSR count). The Morgan fingerprint density at radius 2 is 1.80 bits per heavy atom. The van der Waals surface area contributed by atoms with Gasteiger partial charge in [0.2, 0.25) is 0 Å². The van der Waals surface area contributed by atoms with Gasteiger partial charge >= 0.3 is 13.8 Å². The Hall–Kier alpha value is -0.800. The third-order valence-electron chi connectivity index (χ3n) is 3.10. The van der Waals surface area contributed by atoms with Gasteiger partial charge in [-0.3, -0.25) is 9.05 Å². The quantitative estimate of drug-likeness (QED) is 0.207. The Bertz CT molecular complexity index is 448. The number of carbonyl (C=O) groups excluding carboxylic acids is 1. The van der Waals surface area contributed by atoms with Crippen LogP contribution in [-0.2, 0) is 37.4 Å². The van der Waals surface area contributed by atoms with Gasteiger partial charge in [0.1, 0.15) is 6.61 Å². The second kappa shape index (κ2) is 12.5. The van der Waals surface area contributed by atoms with Crippen LogP contribution in [0.2, 0.25) is 0 Å². The molecule has 2 unspecified atom stereocenters. The Kier molecular flexibility index (Phi) is 11.2. The molecule has 0 bridgehead atoms. The first-order valence-electron chi connectivity index (χ1n) is 8.12. The summed E-state index contributed by atoms with van der Waals surface area (Å²) in [6.07, 6.45) is 2.27. The molecule has 146 valence electrons. The van der Waals surface area contributed by atoms with Crippen LogP contribution in [0.4, 0.5) is 0 Å². The van der Waals surface area contributed by atoms with Gasteiger partial charge in [0.25, 0.3) is 0 Å². The first-order chi connectivity index (χ1) is 11.9. The largest absolute Gasteiger partial charge is 0.472 e. The van der Waals surface area contributed by atoms with E-state index in [2.05, 4.69) is 11.1 Å². The maximum absolute atomic E-state index is 11.5. The molecule has 1 N–H and O–H groups in total. The average molecular weight is 382 g/mol. The van der Waals surface area contributed by atoms with E-state index in [1.54, 1.807) is 0 Å². The number of hydrogen-bond acceptors (Lipinski definition) is 8. The second-order valence-corrected chi connectivity index (χ2v) is 6.83. The number of hydrogen-bond donors (Lipinski definition) is 1. The van der Waals surface area contributed by atoms with E-state index < -0.39 is 13.8 Å². The third kappa shape index (κ3) is 11.4. The van der Waals surface area contributed by atoms with Crippen molar-refractivity contribution in [3.05, 3.63) is 12.2 Å². The molecular weight excluding hydrogens is 355 g/mol. The molecule has 0 radical (unpaired) electrons. The minimum absolute atomic E-state index is 0.106. The molecule has 10 heteroatoms. The molecule has 0 aromatic heterocycles. The summed E-state index contributed by atoms with van der Waals surface area (Å²) in [5.41, 5.74) is 0.236. The van der Waals surface area contributed by atoms with Gasteiger partial charge < -0.3 is 23.8 Å². The minimum atomic E-state index is -4.19. The predicted octanol–water partition coefficient (Wildman–Crippen LogP) is 1.45. The number of phosphoric ester groups is 1. The molecule has 0 aromatic carbocycles. The van der Waals surface area contributed by atoms with Gasteiger partial charge in [0.05, 0.1) is 45.7 Å². The fraction of sp³-hybridized carbons (Fsp3) is 0.800. The smallest absolute Gasteiger partial charge is 0.460 e. The van der Waals surface area contributed by atoms with Crippen molar-refractivity contribution in [2.75, 3.05) is 52.9 Å². The molecule has 1 heterocycles. The van der Waals surface area contributed by atoms with Crippen LogP contribution in [0.1, 0.15) is 19.8 Å². The minimum Gasteiger partial charge on any atom is -0.460 e. The zero-order valence-electron chi connectivity index (χ0n) is 14.5. The van der Waals surface area contributed by atoms with Crippen molar-refractivity contribution >= 4 is 13.8 Å². The molecule has 0 saturated carbocycles. The molecule has 0 amide bonds. The lowest BCUT2D eigenvalue weighted by Gasteiger charge is -2.13. The summed E-state index contributed by atoms with van der Waals surface area (Å²) in [6.45, 7) is 6.61. The van der Waals surface area contributed by atoms with Crippen LogP contribution in [0.15, 0.2) is 12.2 Å². The molecule has 1 saturated heterocycles. The molecule has 0 aliphatic carbocycles. The topological polar surface area (TPSA) is 110 Å². The average Bonchev–Trinajstić information content (AvgIpc) is 3.07. The molecule has 2 atom stereocenters. The van der Waals surface area contributed by atoms with E-state index in [4.69, 9.17) is 23.5 Å². The molecule has 0 spiro atoms. The lowest BCUT2D eigenvalue weighted by molar-refractivity contribution is -0.139. The van der Waals surface area contributed by atoms with Gasteiger partial charge in [-0.15, -0.1) is 0 Å². The van der Waals surface area contributed by atoms with Crippen molar-refractivity contribution in [3.63, 3.8) is 0 Å². The highest BCUT2D eigenvalue weighted by Gasteiger charge is 2.20. The van der Waals surface area contributed by atoms with Crippen molar-refractivity contribution in [1.29, 1.82) is 0 Å². The monoisotopic (exact) mass is 382 g/mol. The Balaban J connectivity index is 1.92. The van der Waals surface area contributed by atoms with E-state index in [0.29, 0.717) is 19.8 Å². The highest BCUT2D eigenvalue weighted by molar-refractivity contribution is 7.47. The molecule has 9 nitrogen and oxygen atoms in total. The van der Waals surface area contributed by atoms with Crippen LogP contribution in [0, 0.1) is 0 Å². The molecule has 0 aromatic rings. The molecule has 1 fully saturated rings. The number of rotatable bonds is 14. The van der Waals surface area contributed by atoms with Gasteiger partial charge in [0, 0.05) is 12.2 Å². The summed E-state index contributed by atoms with van der Waals surface area (Å²) in [5.74, 6) is -0.590. The number of esters is 1. The van der Waals surface area contributed by atoms with Gasteiger partial charge in [-0.2, -0.15) is 0 Å². The Morgan fingerprint density at radius 1 is 1.16 bits per heavy atom. The highest BCUT2D eigenvalue weighted by atomic mass is 31.2. The Labute approximate surface area is 147 Å². The zero-order chi connectivity index (χ0) is 18.5. The van der Waals surface area contributed by atoms with Crippen LogP contribution in [0.25, 0.3) is 0 Å². The third-order valence-corrected chi connectivity index (χ3v) is 4.12. The summed E-state index contributed by atoms with van der Waals surface area (Å²) in [7, 11) is -4.19. The number of phosphoric acid groups is 1. The van der Waals surface area contributed by atoms with Crippen LogP contribution >= 0.6 is 7.82 Å². The van der Waals surface area contributed by atoms with Crippen LogP contribution < -0.4 is 0 Å². The predicted molar refractivity (Wildman–Crippen MR) is 88.1 cm³/mol. The van der Waals surface area contributed by atoms with Gasteiger partial charge in [0.15, 0.2) is 0 Å². The normalized spacial score (nSPS) is 19.5.